The average Bonchev–Trinajstić information content (AvgIpc) is 2.42. The van der Waals surface area contributed by atoms with Gasteiger partial charge in [0.1, 0.15) is 6.54 Å². The van der Waals surface area contributed by atoms with E-state index in [9.17, 15) is 9.59 Å². The highest BCUT2D eigenvalue weighted by atomic mass is 16.2. The maximum atomic E-state index is 11.9. The molecule has 0 aromatic heterocycles. The number of carbonyl (C=O) groups excluding carboxylic acids is 2. The molecule has 0 aliphatic carbocycles. The van der Waals surface area contributed by atoms with Crippen LogP contribution in [-0.2, 0) is 9.59 Å². The van der Waals surface area contributed by atoms with E-state index in [2.05, 4.69) is 13.8 Å². The van der Waals surface area contributed by atoms with Crippen LogP contribution >= 0.6 is 0 Å². The van der Waals surface area contributed by atoms with Crippen LogP contribution in [0.25, 0.3) is 0 Å². The zero-order valence-electron chi connectivity index (χ0n) is 11.7. The van der Waals surface area contributed by atoms with Gasteiger partial charge in [0.05, 0.1) is 19.2 Å². The molecule has 1 aliphatic rings. The highest BCUT2D eigenvalue weighted by Gasteiger charge is 2.30. The number of hydrogen-bond acceptors (Lipinski definition) is 4. The van der Waals surface area contributed by atoms with Crippen molar-refractivity contribution in [2.24, 2.45) is 0 Å². The van der Waals surface area contributed by atoms with E-state index in [4.69, 9.17) is 5.26 Å². The third-order valence-electron chi connectivity index (χ3n) is 3.41. The Morgan fingerprint density at radius 2 is 1.70 bits per heavy atom. The predicted octanol–water partition coefficient (Wildman–Crippen LogP) is 1.51. The first-order chi connectivity index (χ1) is 9.52. The quantitative estimate of drug-likeness (QED) is 0.617. The van der Waals surface area contributed by atoms with E-state index in [0.717, 1.165) is 10.6 Å². The standard InChI is InChI=1S/C15H17N3O2/c1-11(2)12-3-5-13(6-4-12)17-9-14(19)18(8-7-16)15(20)10-17/h3-6,11H,8-10H2,1-2H3. The maximum Gasteiger partial charge on any atom is 0.249 e. The van der Waals surface area contributed by atoms with Gasteiger partial charge in [0.2, 0.25) is 11.8 Å². The first-order valence-corrected chi connectivity index (χ1v) is 6.58. The van der Waals surface area contributed by atoms with Gasteiger partial charge in [-0.15, -0.1) is 0 Å². The maximum absolute atomic E-state index is 11.9. The van der Waals surface area contributed by atoms with E-state index in [1.807, 2.05) is 30.3 Å². The third-order valence-corrected chi connectivity index (χ3v) is 3.41. The SMILES string of the molecule is CC(C)c1ccc(N2CC(=O)N(CC#N)C(=O)C2)cc1. The Hall–Kier alpha value is -2.35. The molecule has 0 radical (unpaired) electrons. The Bertz CT molecular complexity index is 539. The predicted molar refractivity (Wildman–Crippen MR) is 75.1 cm³/mol. The van der Waals surface area contributed by atoms with Crippen LogP contribution in [0, 0.1) is 11.3 Å². The number of imide groups is 1. The first-order valence-electron chi connectivity index (χ1n) is 6.58. The van der Waals surface area contributed by atoms with Crippen LogP contribution in [0.3, 0.4) is 0 Å². The van der Waals surface area contributed by atoms with Crippen molar-refractivity contribution >= 4 is 17.5 Å². The molecule has 0 spiro atoms. The zero-order chi connectivity index (χ0) is 14.7. The minimum absolute atomic E-state index is 0.133. The van der Waals surface area contributed by atoms with E-state index in [1.54, 1.807) is 4.90 Å². The number of piperazine rings is 1. The van der Waals surface area contributed by atoms with Crippen molar-refractivity contribution in [3.05, 3.63) is 29.8 Å². The molecule has 1 aromatic carbocycles. The fraction of sp³-hybridized carbons (Fsp3) is 0.400. The summed E-state index contributed by atoms with van der Waals surface area (Å²) in [5.74, 6) is -0.203. The van der Waals surface area contributed by atoms with Gasteiger partial charge in [-0.3, -0.25) is 14.5 Å². The fourth-order valence-corrected chi connectivity index (χ4v) is 2.19. The van der Waals surface area contributed by atoms with Crippen molar-refractivity contribution in [3.8, 4) is 6.07 Å². The first kappa shape index (κ1) is 14.1. The fourth-order valence-electron chi connectivity index (χ4n) is 2.19. The van der Waals surface area contributed by atoms with Crippen LogP contribution < -0.4 is 4.90 Å². The normalized spacial score (nSPS) is 15.7. The Labute approximate surface area is 118 Å². The van der Waals surface area contributed by atoms with E-state index in [0.29, 0.717) is 5.92 Å². The number of anilines is 1. The number of hydrogen-bond donors (Lipinski definition) is 0. The molecule has 1 aliphatic heterocycles. The van der Waals surface area contributed by atoms with Gasteiger partial charge in [-0.25, -0.2) is 0 Å². The van der Waals surface area contributed by atoms with Crippen LogP contribution in [0.4, 0.5) is 5.69 Å². The molecule has 0 atom stereocenters. The molecule has 0 bridgehead atoms. The summed E-state index contributed by atoms with van der Waals surface area (Å²) >= 11 is 0. The summed E-state index contributed by atoms with van der Waals surface area (Å²) in [6.07, 6.45) is 0. The molecule has 2 rings (SSSR count). The lowest BCUT2D eigenvalue weighted by Gasteiger charge is -2.32. The van der Waals surface area contributed by atoms with Gasteiger partial charge < -0.3 is 4.90 Å². The summed E-state index contributed by atoms with van der Waals surface area (Å²) in [5.41, 5.74) is 2.07. The van der Waals surface area contributed by atoms with Crippen LogP contribution in [0.2, 0.25) is 0 Å². The molecule has 5 heteroatoms. The van der Waals surface area contributed by atoms with Crippen molar-refractivity contribution in [2.75, 3.05) is 24.5 Å². The van der Waals surface area contributed by atoms with Crippen LogP contribution in [0.1, 0.15) is 25.3 Å². The molecule has 1 aromatic rings. The Morgan fingerprint density at radius 3 is 2.15 bits per heavy atom. The minimum Gasteiger partial charge on any atom is -0.353 e. The van der Waals surface area contributed by atoms with Gasteiger partial charge in [-0.2, -0.15) is 5.26 Å². The lowest BCUT2D eigenvalue weighted by Crippen LogP contribution is -2.54. The van der Waals surface area contributed by atoms with Gasteiger partial charge in [-0.05, 0) is 23.6 Å². The number of carbonyl (C=O) groups is 2. The second-order valence-corrected chi connectivity index (χ2v) is 5.13. The lowest BCUT2D eigenvalue weighted by molar-refractivity contribution is -0.144. The molecule has 5 nitrogen and oxygen atoms in total. The molecule has 1 fully saturated rings. The van der Waals surface area contributed by atoms with Crippen LogP contribution in [0.5, 0.6) is 0 Å². The molecule has 2 amide bonds. The smallest absolute Gasteiger partial charge is 0.249 e. The summed E-state index contributed by atoms with van der Waals surface area (Å²) in [4.78, 5) is 26.5. The Balaban J connectivity index is 2.14. The molecule has 0 unspecified atom stereocenters. The van der Waals surface area contributed by atoms with Crippen molar-refractivity contribution in [1.82, 2.24) is 4.90 Å². The molecule has 20 heavy (non-hydrogen) atoms. The zero-order valence-corrected chi connectivity index (χ0v) is 11.7. The average molecular weight is 271 g/mol. The number of rotatable bonds is 3. The van der Waals surface area contributed by atoms with Crippen LogP contribution in [-0.4, -0.2) is 36.3 Å². The van der Waals surface area contributed by atoms with Crippen molar-refractivity contribution in [3.63, 3.8) is 0 Å². The van der Waals surface area contributed by atoms with Crippen molar-refractivity contribution < 1.29 is 9.59 Å². The second-order valence-electron chi connectivity index (χ2n) is 5.13. The lowest BCUT2D eigenvalue weighted by atomic mass is 10.0. The highest BCUT2D eigenvalue weighted by molar-refractivity contribution is 6.02. The topological polar surface area (TPSA) is 64.4 Å². The summed E-state index contributed by atoms with van der Waals surface area (Å²) in [6.45, 7) is 4.33. The number of nitrogens with zero attached hydrogens (tertiary/aromatic N) is 3. The molecular weight excluding hydrogens is 254 g/mol. The third kappa shape index (κ3) is 2.80. The Kier molecular flexibility index (Phi) is 4.04. The largest absolute Gasteiger partial charge is 0.353 e. The highest BCUT2D eigenvalue weighted by Crippen LogP contribution is 2.21. The summed E-state index contributed by atoms with van der Waals surface area (Å²) < 4.78 is 0. The summed E-state index contributed by atoms with van der Waals surface area (Å²) in [7, 11) is 0. The van der Waals surface area contributed by atoms with Gasteiger partial charge in [0, 0.05) is 5.69 Å². The van der Waals surface area contributed by atoms with Crippen molar-refractivity contribution in [2.45, 2.75) is 19.8 Å². The Morgan fingerprint density at radius 1 is 1.15 bits per heavy atom. The second kappa shape index (κ2) is 5.74. The molecule has 1 heterocycles. The van der Waals surface area contributed by atoms with E-state index < -0.39 is 0 Å². The molecular formula is C15H17N3O2. The van der Waals surface area contributed by atoms with Gasteiger partial charge in [0.25, 0.3) is 0 Å². The monoisotopic (exact) mass is 271 g/mol. The number of amides is 2. The molecule has 104 valence electrons. The minimum atomic E-state index is -0.323. The van der Waals surface area contributed by atoms with E-state index >= 15 is 0 Å². The van der Waals surface area contributed by atoms with Gasteiger partial charge in [0.15, 0.2) is 0 Å². The van der Waals surface area contributed by atoms with Gasteiger partial charge in [-0.1, -0.05) is 26.0 Å². The van der Waals surface area contributed by atoms with Gasteiger partial charge >= 0.3 is 0 Å². The van der Waals surface area contributed by atoms with E-state index in [-0.39, 0.29) is 31.4 Å². The van der Waals surface area contributed by atoms with Crippen LogP contribution in [0.15, 0.2) is 24.3 Å². The number of benzene rings is 1. The molecule has 0 saturated carbocycles. The summed E-state index contributed by atoms with van der Waals surface area (Å²) in [5, 5.41) is 8.61. The summed E-state index contributed by atoms with van der Waals surface area (Å²) in [6, 6.07) is 9.71. The molecule has 1 saturated heterocycles. The molecule has 0 N–H and O–H groups in total. The van der Waals surface area contributed by atoms with Crippen molar-refractivity contribution in [1.29, 1.82) is 5.26 Å². The van der Waals surface area contributed by atoms with E-state index in [1.165, 1.54) is 5.56 Å². The number of nitriles is 1.